The van der Waals surface area contributed by atoms with E-state index < -0.39 is 0 Å². The van der Waals surface area contributed by atoms with Gasteiger partial charge in [0.1, 0.15) is 0 Å². The van der Waals surface area contributed by atoms with E-state index in [2.05, 4.69) is 19.7 Å². The molecule has 0 saturated heterocycles. The van der Waals surface area contributed by atoms with Gasteiger partial charge in [-0.3, -0.25) is 0 Å². The van der Waals surface area contributed by atoms with Crippen LogP contribution in [0.25, 0.3) is 0 Å². The van der Waals surface area contributed by atoms with Crippen LogP contribution >= 0.6 is 13.6 Å². The van der Waals surface area contributed by atoms with Gasteiger partial charge in [0.15, 0.2) is 0 Å². The number of benzene rings is 1. The Morgan fingerprint density at radius 2 is 1.43 bits per heavy atom. The Balaban J connectivity index is 0.000000791. The summed E-state index contributed by atoms with van der Waals surface area (Å²) in [6, 6.07) is 6.37. The molecular weight excluding hydrogens is 301 g/mol. The quantitative estimate of drug-likeness (QED) is 0.633. The molecular formula is C9H11BrO3Zn. The molecule has 0 N–H and O–H groups in total. The van der Waals surface area contributed by atoms with Gasteiger partial charge in [0.25, 0.3) is 0 Å². The van der Waals surface area contributed by atoms with Crippen molar-refractivity contribution >= 4 is 13.6 Å². The molecule has 0 fully saturated rings. The molecule has 1 aromatic carbocycles. The van der Waals surface area contributed by atoms with E-state index in [0.717, 1.165) is 0 Å². The van der Waals surface area contributed by atoms with Crippen molar-refractivity contribution in [3.8, 4) is 17.2 Å². The van der Waals surface area contributed by atoms with E-state index in [-0.39, 0.29) is 0 Å². The molecule has 0 aliphatic rings. The summed E-state index contributed by atoms with van der Waals surface area (Å²) in [5.41, 5.74) is 0. The first-order chi connectivity index (χ1) is 6.80. The molecule has 0 saturated carbocycles. The third-order valence-corrected chi connectivity index (χ3v) is 1.47. The fourth-order valence-electron chi connectivity index (χ4n) is 0.831. The summed E-state index contributed by atoms with van der Waals surface area (Å²) in [5.74, 6) is 1.90. The average molecular weight is 312 g/mol. The van der Waals surface area contributed by atoms with Gasteiger partial charge < -0.3 is 14.2 Å². The molecule has 0 aromatic heterocycles. The zero-order valence-corrected chi connectivity index (χ0v) is 13.0. The van der Waals surface area contributed by atoms with Gasteiger partial charge >= 0.3 is 30.0 Å². The van der Waals surface area contributed by atoms with Crippen LogP contribution in [0.5, 0.6) is 17.2 Å². The summed E-state index contributed by atoms with van der Waals surface area (Å²) in [7, 11) is 4.74. The topological polar surface area (TPSA) is 27.7 Å². The van der Waals surface area contributed by atoms with Gasteiger partial charge in [-0.05, 0) is 0 Å². The summed E-state index contributed by atoms with van der Waals surface area (Å²) >= 11 is 4.25. The summed E-state index contributed by atoms with van der Waals surface area (Å²) in [4.78, 5) is 0. The summed E-state index contributed by atoms with van der Waals surface area (Å²) in [6.45, 7) is 0. The predicted molar refractivity (Wildman–Crippen MR) is 53.9 cm³/mol. The van der Waals surface area contributed by atoms with Crippen molar-refractivity contribution < 1.29 is 30.6 Å². The molecule has 1 aromatic rings. The van der Waals surface area contributed by atoms with Crippen LogP contribution in [-0.4, -0.2) is 21.3 Å². The van der Waals surface area contributed by atoms with Gasteiger partial charge in [-0.25, -0.2) is 0 Å². The van der Waals surface area contributed by atoms with Gasteiger partial charge in [0.05, 0.1) is 21.3 Å². The van der Waals surface area contributed by atoms with Crippen LogP contribution in [0.3, 0.4) is 0 Å². The standard InChI is InChI=1S/C9H11O3.BrH.Zn/c1-10-7-4-8(11-2)6-9(5-7)12-3;;/h4-5H,1-3H3;1H;/q-1;;+2/p-1. The second-order valence-corrected chi connectivity index (χ2v) is 2.16. The van der Waals surface area contributed by atoms with E-state index in [9.17, 15) is 0 Å². The maximum absolute atomic E-state index is 5.02. The van der Waals surface area contributed by atoms with E-state index in [1.807, 2.05) is 0 Å². The molecule has 0 aliphatic carbocycles. The normalized spacial score (nSPS) is 8.43. The second kappa shape index (κ2) is 8.07. The molecule has 0 bridgehead atoms. The molecule has 1 rings (SSSR count). The van der Waals surface area contributed by atoms with Crippen LogP contribution in [-0.2, 0) is 16.3 Å². The number of halogens is 1. The van der Waals surface area contributed by atoms with Crippen molar-refractivity contribution in [2.24, 2.45) is 0 Å². The van der Waals surface area contributed by atoms with Crippen molar-refractivity contribution in [2.45, 2.75) is 0 Å². The van der Waals surface area contributed by atoms with E-state index >= 15 is 0 Å². The Morgan fingerprint density at radius 3 is 1.71 bits per heavy atom. The Kier molecular flexibility index (Phi) is 7.91. The van der Waals surface area contributed by atoms with Gasteiger partial charge in [-0.1, -0.05) is 18.2 Å². The molecule has 0 spiro atoms. The van der Waals surface area contributed by atoms with Gasteiger partial charge in [0.2, 0.25) is 0 Å². The number of hydrogen-bond donors (Lipinski definition) is 0. The Bertz CT molecular complexity index is 213. The van der Waals surface area contributed by atoms with Crippen molar-refractivity contribution in [2.75, 3.05) is 21.3 Å². The third-order valence-electron chi connectivity index (χ3n) is 1.47. The van der Waals surface area contributed by atoms with Crippen LogP contribution in [0.4, 0.5) is 0 Å². The minimum atomic E-state index is 0.603. The van der Waals surface area contributed by atoms with E-state index in [0.29, 0.717) is 17.2 Å². The molecule has 0 amide bonds. The first kappa shape index (κ1) is 13.7. The molecule has 14 heavy (non-hydrogen) atoms. The minimum absolute atomic E-state index is 0.603. The number of hydrogen-bond acceptors (Lipinski definition) is 3. The number of ether oxygens (including phenoxy) is 3. The number of rotatable bonds is 3. The molecule has 0 heterocycles. The van der Waals surface area contributed by atoms with E-state index in [4.69, 9.17) is 14.2 Å². The molecule has 0 radical (unpaired) electrons. The predicted octanol–water partition coefficient (Wildman–Crippen LogP) is 2.36. The van der Waals surface area contributed by atoms with Crippen molar-refractivity contribution in [1.82, 2.24) is 0 Å². The molecule has 0 atom stereocenters. The zero-order chi connectivity index (χ0) is 11.0. The SMILES string of the molecule is COc1[c-]c(OC)cc(OC)c1.[Zn+][Br]. The molecule has 5 heteroatoms. The van der Waals surface area contributed by atoms with E-state index in [1.54, 1.807) is 33.5 Å². The molecule has 3 nitrogen and oxygen atoms in total. The van der Waals surface area contributed by atoms with Crippen molar-refractivity contribution in [3.05, 3.63) is 18.2 Å². The van der Waals surface area contributed by atoms with Gasteiger partial charge in [-0.15, -0.1) is 0 Å². The van der Waals surface area contributed by atoms with Crippen LogP contribution in [0.15, 0.2) is 12.1 Å². The van der Waals surface area contributed by atoms with Crippen LogP contribution in [0, 0.1) is 6.07 Å². The first-order valence-electron chi connectivity index (χ1n) is 3.76. The molecule has 0 unspecified atom stereocenters. The number of methoxy groups -OCH3 is 3. The Hall–Kier alpha value is -0.277. The monoisotopic (exact) mass is 310 g/mol. The van der Waals surface area contributed by atoms with Crippen LogP contribution in [0.1, 0.15) is 0 Å². The Labute approximate surface area is 101 Å². The fourth-order valence-corrected chi connectivity index (χ4v) is 0.831. The average Bonchev–Trinajstić information content (AvgIpc) is 2.30. The second-order valence-electron chi connectivity index (χ2n) is 2.16. The Morgan fingerprint density at radius 1 is 1.00 bits per heavy atom. The summed E-state index contributed by atoms with van der Waals surface area (Å²) in [5, 5.41) is 0. The zero-order valence-electron chi connectivity index (χ0n) is 8.46. The van der Waals surface area contributed by atoms with Crippen molar-refractivity contribution in [3.63, 3.8) is 0 Å². The van der Waals surface area contributed by atoms with Crippen molar-refractivity contribution in [1.29, 1.82) is 0 Å². The molecule has 0 aliphatic heterocycles. The summed E-state index contributed by atoms with van der Waals surface area (Å²) < 4.78 is 15.0. The maximum atomic E-state index is 5.02. The first-order valence-corrected chi connectivity index (χ1v) is 10.7. The molecule has 74 valence electrons. The third kappa shape index (κ3) is 4.29. The van der Waals surface area contributed by atoms with Crippen LogP contribution < -0.4 is 14.2 Å². The van der Waals surface area contributed by atoms with Gasteiger partial charge in [-0.2, -0.15) is 0 Å². The van der Waals surface area contributed by atoms with Crippen LogP contribution in [0.2, 0.25) is 0 Å². The van der Waals surface area contributed by atoms with E-state index in [1.165, 1.54) is 16.3 Å². The summed E-state index contributed by atoms with van der Waals surface area (Å²) in [6.07, 6.45) is 0. The fraction of sp³-hybridized carbons (Fsp3) is 0.333. The van der Waals surface area contributed by atoms with Gasteiger partial charge in [0, 0.05) is 17.2 Å².